The lowest BCUT2D eigenvalue weighted by Gasteiger charge is -2.23. The zero-order valence-electron chi connectivity index (χ0n) is 14.9. The number of methoxy groups -OCH3 is 1. The van der Waals surface area contributed by atoms with Gasteiger partial charge in [-0.15, -0.1) is 0 Å². The Bertz CT molecular complexity index is 943. The Hall–Kier alpha value is -3.19. The van der Waals surface area contributed by atoms with Gasteiger partial charge in [0.05, 0.1) is 17.5 Å². The quantitative estimate of drug-likeness (QED) is 0.527. The summed E-state index contributed by atoms with van der Waals surface area (Å²) in [7, 11) is 1.63. The number of nitrogen functional groups attached to an aromatic ring is 1. The third-order valence-electron chi connectivity index (χ3n) is 4.10. The molecule has 27 heavy (non-hydrogen) atoms. The number of nitrogens with zero attached hydrogens (tertiary/aromatic N) is 1. The summed E-state index contributed by atoms with van der Waals surface area (Å²) in [4.78, 5) is 4.45. The summed E-state index contributed by atoms with van der Waals surface area (Å²) in [5, 5.41) is 0.739. The lowest BCUT2D eigenvalue weighted by molar-refractivity contribution is 0.134. The Kier molecular flexibility index (Phi) is 4.84. The van der Waals surface area contributed by atoms with Crippen LogP contribution < -0.4 is 24.7 Å². The van der Waals surface area contributed by atoms with Crippen molar-refractivity contribution in [1.29, 1.82) is 0 Å². The normalized spacial score (nSPS) is 12.8. The Balaban J connectivity index is 1.78. The molecule has 2 aromatic carbocycles. The molecular weight excluding hydrogens is 348 g/mol. The fourth-order valence-corrected chi connectivity index (χ4v) is 2.86. The topological polar surface area (TPSA) is 85.1 Å². The molecule has 1 aromatic heterocycles. The molecule has 0 saturated heterocycles. The second-order valence-electron chi connectivity index (χ2n) is 5.95. The van der Waals surface area contributed by atoms with Gasteiger partial charge in [-0.3, -0.25) is 4.98 Å². The van der Waals surface area contributed by atoms with Crippen LogP contribution in [0.3, 0.4) is 0 Å². The van der Waals surface area contributed by atoms with Crippen LogP contribution in [0.5, 0.6) is 28.7 Å². The standard InChI is InChI=1S/C20H20N2O5/c1-23-8-9-24-17-12-15-18(20-19(17)25-10-11-26-20)16(6-7-22-15)27-14-4-2-13(21)3-5-14/h2-7,12H,8-11,21H2,1H3. The number of hydrogen-bond acceptors (Lipinski definition) is 7. The van der Waals surface area contributed by atoms with Crippen LogP contribution in [-0.2, 0) is 4.74 Å². The van der Waals surface area contributed by atoms with E-state index in [1.54, 1.807) is 31.5 Å². The van der Waals surface area contributed by atoms with Gasteiger partial charge in [0.1, 0.15) is 31.3 Å². The first-order valence-electron chi connectivity index (χ1n) is 8.62. The molecule has 0 amide bonds. The summed E-state index contributed by atoms with van der Waals surface area (Å²) in [5.41, 5.74) is 7.11. The Morgan fingerprint density at radius 3 is 2.56 bits per heavy atom. The van der Waals surface area contributed by atoms with Gasteiger partial charge in [-0.05, 0) is 30.3 Å². The van der Waals surface area contributed by atoms with Crippen LogP contribution >= 0.6 is 0 Å². The molecule has 140 valence electrons. The number of pyridine rings is 1. The van der Waals surface area contributed by atoms with Gasteiger partial charge in [0.25, 0.3) is 0 Å². The molecular formula is C20H20N2O5. The van der Waals surface area contributed by atoms with Crippen molar-refractivity contribution in [3.8, 4) is 28.7 Å². The molecule has 0 fully saturated rings. The minimum Gasteiger partial charge on any atom is -0.487 e. The lowest BCUT2D eigenvalue weighted by atomic mass is 10.1. The minimum atomic E-state index is 0.402. The smallest absolute Gasteiger partial charge is 0.204 e. The molecule has 0 unspecified atom stereocenters. The molecule has 7 nitrogen and oxygen atoms in total. The van der Waals surface area contributed by atoms with Crippen molar-refractivity contribution in [3.63, 3.8) is 0 Å². The second-order valence-corrected chi connectivity index (χ2v) is 5.95. The van der Waals surface area contributed by atoms with Crippen molar-refractivity contribution in [2.45, 2.75) is 0 Å². The van der Waals surface area contributed by atoms with Crippen LogP contribution in [0, 0.1) is 0 Å². The zero-order valence-corrected chi connectivity index (χ0v) is 14.9. The van der Waals surface area contributed by atoms with Crippen LogP contribution in [0.1, 0.15) is 0 Å². The van der Waals surface area contributed by atoms with Crippen molar-refractivity contribution in [1.82, 2.24) is 4.98 Å². The van der Waals surface area contributed by atoms with Crippen molar-refractivity contribution < 1.29 is 23.7 Å². The predicted molar refractivity (Wildman–Crippen MR) is 101 cm³/mol. The molecule has 0 saturated carbocycles. The molecule has 0 bridgehead atoms. The summed E-state index contributed by atoms with van der Waals surface area (Å²) in [6.07, 6.45) is 1.68. The van der Waals surface area contributed by atoms with Crippen LogP contribution in [-0.4, -0.2) is 38.5 Å². The number of rotatable bonds is 6. The summed E-state index contributed by atoms with van der Waals surface area (Å²) >= 11 is 0. The van der Waals surface area contributed by atoms with E-state index in [-0.39, 0.29) is 0 Å². The van der Waals surface area contributed by atoms with Gasteiger partial charge < -0.3 is 29.4 Å². The molecule has 0 aliphatic carbocycles. The third-order valence-corrected chi connectivity index (χ3v) is 4.10. The Labute approximate surface area is 156 Å². The maximum Gasteiger partial charge on any atom is 0.204 e. The van der Waals surface area contributed by atoms with Crippen molar-refractivity contribution >= 4 is 16.6 Å². The minimum absolute atomic E-state index is 0.402. The number of nitrogens with two attached hydrogens (primary N) is 1. The second kappa shape index (κ2) is 7.59. The molecule has 4 rings (SSSR count). The Morgan fingerprint density at radius 2 is 1.78 bits per heavy atom. The summed E-state index contributed by atoms with van der Waals surface area (Å²) in [6, 6.07) is 10.8. The number of benzene rings is 2. The average Bonchev–Trinajstić information content (AvgIpc) is 2.70. The van der Waals surface area contributed by atoms with E-state index in [0.717, 1.165) is 5.39 Å². The van der Waals surface area contributed by atoms with Gasteiger partial charge in [-0.1, -0.05) is 0 Å². The fourth-order valence-electron chi connectivity index (χ4n) is 2.86. The number of anilines is 1. The highest BCUT2D eigenvalue weighted by Crippen LogP contribution is 2.48. The number of aromatic nitrogens is 1. The van der Waals surface area contributed by atoms with Crippen molar-refractivity contribution in [2.24, 2.45) is 0 Å². The van der Waals surface area contributed by atoms with E-state index in [2.05, 4.69) is 4.98 Å². The molecule has 2 N–H and O–H groups in total. The SMILES string of the molecule is COCCOc1cc2nccc(Oc3ccc(N)cc3)c2c2c1OCCO2. The van der Waals surface area contributed by atoms with Crippen LogP contribution in [0.4, 0.5) is 5.69 Å². The first-order chi connectivity index (χ1) is 13.3. The van der Waals surface area contributed by atoms with Gasteiger partial charge in [-0.25, -0.2) is 0 Å². The predicted octanol–water partition coefficient (Wildman–Crippen LogP) is 3.41. The lowest BCUT2D eigenvalue weighted by Crippen LogP contribution is -2.17. The maximum atomic E-state index is 6.06. The summed E-state index contributed by atoms with van der Waals surface area (Å²) < 4.78 is 28.6. The monoisotopic (exact) mass is 368 g/mol. The van der Waals surface area contributed by atoms with E-state index in [1.165, 1.54) is 0 Å². The zero-order chi connectivity index (χ0) is 18.6. The fraction of sp³-hybridized carbons (Fsp3) is 0.250. The average molecular weight is 368 g/mol. The molecule has 0 radical (unpaired) electrons. The highest BCUT2D eigenvalue weighted by molar-refractivity contribution is 5.95. The van der Waals surface area contributed by atoms with Gasteiger partial charge in [0.15, 0.2) is 11.5 Å². The van der Waals surface area contributed by atoms with Crippen molar-refractivity contribution in [2.75, 3.05) is 39.3 Å². The molecule has 3 aromatic rings. The molecule has 7 heteroatoms. The molecule has 0 spiro atoms. The molecule has 1 aliphatic heterocycles. The Morgan fingerprint density at radius 1 is 1.00 bits per heavy atom. The largest absolute Gasteiger partial charge is 0.487 e. The number of hydrogen-bond donors (Lipinski definition) is 1. The van der Waals surface area contributed by atoms with Gasteiger partial charge in [0.2, 0.25) is 5.75 Å². The van der Waals surface area contributed by atoms with E-state index in [0.29, 0.717) is 66.4 Å². The van der Waals surface area contributed by atoms with Crippen LogP contribution in [0.2, 0.25) is 0 Å². The molecule has 1 aliphatic rings. The highest BCUT2D eigenvalue weighted by atomic mass is 16.6. The van der Waals surface area contributed by atoms with Crippen molar-refractivity contribution in [3.05, 3.63) is 42.6 Å². The van der Waals surface area contributed by atoms with E-state index in [9.17, 15) is 0 Å². The van der Waals surface area contributed by atoms with E-state index in [4.69, 9.17) is 29.4 Å². The molecule has 0 atom stereocenters. The van der Waals surface area contributed by atoms with E-state index < -0.39 is 0 Å². The first kappa shape index (κ1) is 17.2. The first-order valence-corrected chi connectivity index (χ1v) is 8.62. The summed E-state index contributed by atoms with van der Waals surface area (Å²) in [5.74, 6) is 2.99. The number of fused-ring (bicyclic) bond motifs is 3. The van der Waals surface area contributed by atoms with Gasteiger partial charge >= 0.3 is 0 Å². The van der Waals surface area contributed by atoms with Crippen LogP contribution in [0.15, 0.2) is 42.6 Å². The highest BCUT2D eigenvalue weighted by Gasteiger charge is 2.24. The number of ether oxygens (including phenoxy) is 5. The maximum absolute atomic E-state index is 6.06. The third kappa shape index (κ3) is 3.54. The van der Waals surface area contributed by atoms with E-state index >= 15 is 0 Å². The van der Waals surface area contributed by atoms with Gasteiger partial charge in [-0.2, -0.15) is 0 Å². The van der Waals surface area contributed by atoms with Gasteiger partial charge in [0, 0.05) is 25.1 Å². The summed E-state index contributed by atoms with van der Waals surface area (Å²) in [6.45, 7) is 1.77. The van der Waals surface area contributed by atoms with E-state index in [1.807, 2.05) is 18.2 Å². The van der Waals surface area contributed by atoms with Crippen LogP contribution in [0.25, 0.3) is 10.9 Å². The molecule has 2 heterocycles.